The fraction of sp³-hybridized carbons (Fsp3) is 0.462. The molecule has 36 heavy (non-hydrogen) atoms. The predicted molar refractivity (Wildman–Crippen MR) is 119 cm³/mol. The molecular weight excluding hydrogens is 493 g/mol. The van der Waals surface area contributed by atoms with Crippen LogP contribution in [0.3, 0.4) is 0 Å². The van der Waals surface area contributed by atoms with Crippen molar-refractivity contribution in [1.82, 2.24) is 0 Å². The van der Waals surface area contributed by atoms with Crippen molar-refractivity contribution in [2.24, 2.45) is 11.8 Å². The molecular formula is C26H27F7O3. The van der Waals surface area contributed by atoms with Gasteiger partial charge in [0, 0.05) is 24.0 Å². The van der Waals surface area contributed by atoms with E-state index in [1.807, 2.05) is 20.8 Å². The van der Waals surface area contributed by atoms with Crippen LogP contribution in [0.1, 0.15) is 51.2 Å². The Kier molecular flexibility index (Phi) is 9.05. The van der Waals surface area contributed by atoms with Crippen molar-refractivity contribution >= 4 is 5.57 Å². The van der Waals surface area contributed by atoms with E-state index in [0.29, 0.717) is 44.0 Å². The topological polar surface area (TPSA) is 27.7 Å². The van der Waals surface area contributed by atoms with E-state index in [-0.39, 0.29) is 29.9 Å². The van der Waals surface area contributed by atoms with Crippen LogP contribution in [0.25, 0.3) is 5.57 Å². The number of alkyl halides is 2. The van der Waals surface area contributed by atoms with E-state index in [2.05, 4.69) is 4.74 Å². The van der Waals surface area contributed by atoms with Crippen molar-refractivity contribution in [2.45, 2.75) is 52.4 Å². The van der Waals surface area contributed by atoms with Crippen LogP contribution in [0.5, 0.6) is 5.75 Å². The van der Waals surface area contributed by atoms with Crippen LogP contribution >= 0.6 is 0 Å². The Morgan fingerprint density at radius 2 is 1.42 bits per heavy atom. The van der Waals surface area contributed by atoms with Gasteiger partial charge in [-0.15, -0.1) is 0 Å². The number of hydrogen-bond acceptors (Lipinski definition) is 3. The van der Waals surface area contributed by atoms with Gasteiger partial charge < -0.3 is 14.2 Å². The van der Waals surface area contributed by atoms with Gasteiger partial charge in [-0.25, -0.2) is 22.0 Å². The van der Waals surface area contributed by atoms with Crippen LogP contribution in [0.15, 0.2) is 30.3 Å². The highest BCUT2D eigenvalue weighted by molar-refractivity contribution is 5.67. The smallest absolute Gasteiger partial charge is 0.429 e. The maximum absolute atomic E-state index is 14.6. The normalized spacial score (nSPS) is 22.4. The van der Waals surface area contributed by atoms with E-state index in [1.165, 1.54) is 0 Å². The second kappa shape index (κ2) is 11.6. The van der Waals surface area contributed by atoms with Gasteiger partial charge in [-0.3, -0.25) is 0 Å². The van der Waals surface area contributed by atoms with E-state index in [4.69, 9.17) is 9.47 Å². The molecule has 0 spiro atoms. The fourth-order valence-electron chi connectivity index (χ4n) is 4.08. The summed E-state index contributed by atoms with van der Waals surface area (Å²) in [7, 11) is 0. The average molecular weight is 520 g/mol. The summed E-state index contributed by atoms with van der Waals surface area (Å²) in [5, 5.41) is 0. The van der Waals surface area contributed by atoms with Gasteiger partial charge >= 0.3 is 6.11 Å². The van der Waals surface area contributed by atoms with E-state index in [9.17, 15) is 30.7 Å². The lowest BCUT2D eigenvalue weighted by atomic mass is 9.85. The molecule has 1 atom stereocenters. The van der Waals surface area contributed by atoms with Crippen LogP contribution < -0.4 is 4.74 Å². The van der Waals surface area contributed by atoms with Crippen molar-refractivity contribution in [3.8, 4) is 5.75 Å². The first-order valence-corrected chi connectivity index (χ1v) is 11.7. The highest BCUT2D eigenvalue weighted by atomic mass is 19.3. The molecule has 2 aliphatic rings. The number of rotatable bonds is 5. The lowest BCUT2D eigenvalue weighted by Crippen LogP contribution is -2.36. The molecule has 0 N–H and O–H groups in total. The van der Waals surface area contributed by atoms with Crippen molar-refractivity contribution in [3.63, 3.8) is 0 Å². The highest BCUT2D eigenvalue weighted by Gasteiger charge is 2.42. The standard InChI is InChI=1S/C24H21F7O3.C2H6/c1-12-10-32-23(33-11-12)14-4-2-13(3-5-14)15-6-17(25)21(18(26)7-15)24(30,31)34-16-8-19(27)22(29)20(28)9-16;1-2/h2,6-9,12,14,23H,3-5,10-11H2,1H3;1-2H3. The summed E-state index contributed by atoms with van der Waals surface area (Å²) < 4.78 is 113. The number of halogens is 7. The van der Waals surface area contributed by atoms with Gasteiger partial charge in [0.25, 0.3) is 0 Å². The van der Waals surface area contributed by atoms with Gasteiger partial charge in [0.15, 0.2) is 23.7 Å². The first-order valence-electron chi connectivity index (χ1n) is 11.7. The molecule has 1 saturated heterocycles. The Morgan fingerprint density at radius 1 is 0.861 bits per heavy atom. The van der Waals surface area contributed by atoms with Crippen LogP contribution in [0, 0.1) is 40.9 Å². The van der Waals surface area contributed by atoms with E-state index in [0.717, 1.165) is 12.1 Å². The largest absolute Gasteiger partial charge is 0.432 e. The lowest BCUT2D eigenvalue weighted by molar-refractivity contribution is -0.222. The van der Waals surface area contributed by atoms with Crippen LogP contribution in [0.2, 0.25) is 0 Å². The van der Waals surface area contributed by atoms with Crippen molar-refractivity contribution in [2.75, 3.05) is 13.2 Å². The van der Waals surface area contributed by atoms with E-state index >= 15 is 0 Å². The average Bonchev–Trinajstić information content (AvgIpc) is 2.83. The molecule has 1 unspecified atom stereocenters. The highest BCUT2D eigenvalue weighted by Crippen LogP contribution is 2.39. The summed E-state index contributed by atoms with van der Waals surface area (Å²) in [5.74, 6) is -9.43. The Hall–Kier alpha value is -2.59. The van der Waals surface area contributed by atoms with Gasteiger partial charge in [0.05, 0.1) is 13.2 Å². The molecule has 1 heterocycles. The van der Waals surface area contributed by atoms with Crippen LogP contribution in [-0.2, 0) is 15.6 Å². The second-order valence-corrected chi connectivity index (χ2v) is 8.54. The van der Waals surface area contributed by atoms with Gasteiger partial charge in [-0.05, 0) is 42.5 Å². The molecule has 10 heteroatoms. The number of ether oxygens (including phenoxy) is 3. The maximum Gasteiger partial charge on any atom is 0.432 e. The van der Waals surface area contributed by atoms with Gasteiger partial charge in [-0.1, -0.05) is 26.8 Å². The molecule has 0 aromatic heterocycles. The summed E-state index contributed by atoms with van der Waals surface area (Å²) in [4.78, 5) is 0. The summed E-state index contributed by atoms with van der Waals surface area (Å²) >= 11 is 0. The molecule has 0 amide bonds. The third kappa shape index (κ3) is 6.21. The molecule has 0 bridgehead atoms. The summed E-state index contributed by atoms with van der Waals surface area (Å²) in [6.45, 7) is 7.18. The first-order chi connectivity index (χ1) is 17.0. The zero-order valence-corrected chi connectivity index (χ0v) is 20.0. The molecule has 198 valence electrons. The second-order valence-electron chi connectivity index (χ2n) is 8.54. The molecule has 3 nitrogen and oxygen atoms in total. The molecule has 4 rings (SSSR count). The molecule has 0 saturated carbocycles. The Balaban J connectivity index is 0.00000176. The lowest BCUT2D eigenvalue weighted by Gasteiger charge is -2.34. The summed E-state index contributed by atoms with van der Waals surface area (Å²) in [6, 6.07) is 1.81. The molecule has 2 aromatic rings. The Labute approximate surface area is 204 Å². The zero-order chi connectivity index (χ0) is 26.6. The number of allylic oxidation sites excluding steroid dienone is 2. The minimum Gasteiger partial charge on any atom is -0.429 e. The fourth-order valence-corrected chi connectivity index (χ4v) is 4.08. The predicted octanol–water partition coefficient (Wildman–Crippen LogP) is 7.73. The molecule has 0 radical (unpaired) electrons. The monoisotopic (exact) mass is 520 g/mol. The SMILES string of the molecule is CC.CC1COC(C2CC=C(c3cc(F)c(C(F)(F)Oc4cc(F)c(F)c(F)c4)c(F)c3)CC2)OC1. The molecule has 1 aliphatic heterocycles. The van der Waals surface area contributed by atoms with E-state index < -0.39 is 46.5 Å². The minimum absolute atomic E-state index is 0.0689. The first kappa shape index (κ1) is 28.0. The summed E-state index contributed by atoms with van der Waals surface area (Å²) in [6.07, 6.45) is -1.63. The van der Waals surface area contributed by atoms with Gasteiger partial charge in [0.2, 0.25) is 0 Å². The molecule has 1 fully saturated rings. The van der Waals surface area contributed by atoms with Gasteiger partial charge in [0.1, 0.15) is 22.9 Å². The van der Waals surface area contributed by atoms with Crippen molar-refractivity contribution in [3.05, 3.63) is 70.6 Å². The Morgan fingerprint density at radius 3 is 1.92 bits per heavy atom. The molecule has 2 aromatic carbocycles. The third-order valence-electron chi connectivity index (χ3n) is 5.83. The van der Waals surface area contributed by atoms with E-state index in [1.54, 1.807) is 6.08 Å². The number of hydrogen-bond donors (Lipinski definition) is 0. The minimum atomic E-state index is -4.62. The third-order valence-corrected chi connectivity index (χ3v) is 5.83. The van der Waals surface area contributed by atoms with Crippen molar-refractivity contribution in [1.29, 1.82) is 0 Å². The molecule has 1 aliphatic carbocycles. The van der Waals surface area contributed by atoms with Crippen LogP contribution in [0.4, 0.5) is 30.7 Å². The maximum atomic E-state index is 14.6. The van der Waals surface area contributed by atoms with Crippen molar-refractivity contribution < 1.29 is 44.9 Å². The Bertz CT molecular complexity index is 1050. The van der Waals surface area contributed by atoms with Gasteiger partial charge in [-0.2, -0.15) is 8.78 Å². The number of benzene rings is 2. The van der Waals surface area contributed by atoms with Crippen LogP contribution in [-0.4, -0.2) is 19.5 Å². The summed E-state index contributed by atoms with van der Waals surface area (Å²) in [5.41, 5.74) is -1.06. The zero-order valence-electron chi connectivity index (χ0n) is 20.0. The quantitative estimate of drug-likeness (QED) is 0.298.